The molecule has 1 aromatic heterocycles. The first kappa shape index (κ1) is 63.8. The number of hydrogen-bond donors (Lipinski definition) is 0. The van der Waals surface area contributed by atoms with Crippen LogP contribution in [0.25, 0.3) is 34.2 Å². The predicted molar refractivity (Wildman–Crippen MR) is 312 cm³/mol. The quantitative estimate of drug-likeness (QED) is 0.0708. The van der Waals surface area contributed by atoms with Crippen LogP contribution in [0.4, 0.5) is 0 Å². The monoisotopic (exact) mass is 928 g/mol. The van der Waals surface area contributed by atoms with E-state index in [2.05, 4.69) is 157 Å². The van der Waals surface area contributed by atoms with E-state index in [0.29, 0.717) is 5.92 Å². The molecule has 0 bridgehead atoms. The van der Waals surface area contributed by atoms with Crippen molar-refractivity contribution in [2.45, 2.75) is 214 Å². The van der Waals surface area contributed by atoms with Gasteiger partial charge in [0, 0.05) is 34.1 Å². The lowest BCUT2D eigenvalue weighted by Crippen LogP contribution is -2.35. The molecule has 0 saturated heterocycles. The van der Waals surface area contributed by atoms with Crippen molar-refractivity contribution in [1.29, 1.82) is 0 Å². The minimum absolute atomic E-state index is 0.0988. The maximum absolute atomic E-state index is 11.3. The molecule has 0 aliphatic heterocycles. The minimum Gasteiger partial charge on any atom is -0.344 e. The van der Waals surface area contributed by atoms with Crippen LogP contribution in [-0.2, 0) is 7.05 Å². The molecule has 2 aliphatic carbocycles. The van der Waals surface area contributed by atoms with Crippen LogP contribution in [0.15, 0.2) is 97.7 Å². The zero-order valence-electron chi connectivity index (χ0n) is 47.6. The Hall–Kier alpha value is -4.17. The number of Topliss-reactive ketones (excluding diaryl/α,β-unsaturated/α-hetero) is 1. The summed E-state index contributed by atoms with van der Waals surface area (Å²) in [5, 5.41) is 3.97. The van der Waals surface area contributed by atoms with E-state index in [1.54, 1.807) is 6.92 Å². The summed E-state index contributed by atoms with van der Waals surface area (Å²) in [6.45, 7) is 49.5. The van der Waals surface area contributed by atoms with Crippen molar-refractivity contribution in [3.63, 3.8) is 0 Å². The summed E-state index contributed by atoms with van der Waals surface area (Å²) in [5.74, 6) is 2.75. The van der Waals surface area contributed by atoms with Crippen molar-refractivity contribution in [3.8, 4) is 0 Å². The summed E-state index contributed by atoms with van der Waals surface area (Å²) in [4.78, 5) is 11.3. The second-order valence-corrected chi connectivity index (χ2v) is 20.1. The average Bonchev–Trinajstić information content (AvgIpc) is 3.56. The van der Waals surface area contributed by atoms with Crippen molar-refractivity contribution in [2.75, 3.05) is 0 Å². The first-order valence-electron chi connectivity index (χ1n) is 27.1. The van der Waals surface area contributed by atoms with Crippen molar-refractivity contribution >= 4 is 40.0 Å². The highest BCUT2D eigenvalue weighted by molar-refractivity contribution is 5.99. The molecule has 2 aliphatic rings. The molecule has 2 fully saturated rings. The first-order valence-corrected chi connectivity index (χ1v) is 27.1. The Balaban J connectivity index is 0.000000921. The van der Waals surface area contributed by atoms with Crippen molar-refractivity contribution < 1.29 is 4.79 Å². The third kappa shape index (κ3) is 22.1. The number of aromatic nitrogens is 1. The van der Waals surface area contributed by atoms with Crippen LogP contribution in [0, 0.1) is 30.1 Å². The lowest BCUT2D eigenvalue weighted by atomic mass is 9.58. The highest BCUT2D eigenvalue weighted by Gasteiger charge is 2.40. The van der Waals surface area contributed by atoms with Gasteiger partial charge in [-0.3, -0.25) is 4.79 Å². The Labute approximate surface area is 421 Å². The van der Waals surface area contributed by atoms with Gasteiger partial charge in [0.05, 0.1) is 0 Å². The Bertz CT molecular complexity index is 2160. The van der Waals surface area contributed by atoms with E-state index in [-0.39, 0.29) is 5.78 Å². The summed E-state index contributed by atoms with van der Waals surface area (Å²) >= 11 is 0. The van der Waals surface area contributed by atoms with Crippen molar-refractivity contribution in [1.82, 2.24) is 4.57 Å². The fourth-order valence-corrected chi connectivity index (χ4v) is 8.86. The number of carbonyl (C=O) groups excluding carboxylic acids is 1. The van der Waals surface area contributed by atoms with E-state index < -0.39 is 0 Å². The molecular weight excluding hydrogens is 823 g/mol. The number of unbranched alkanes of at least 4 members (excludes halogenated alkanes) is 2. The van der Waals surface area contributed by atoms with E-state index in [1.807, 2.05) is 52.0 Å². The standard InChI is InChI=1S/C26H33N.C12H14O.C12H24.C10H18.C4H10.C2H6/c1-6-10-25-23(8-3)24-16-15-22(18-26(24)27(25)5)21(7-2)14-13-19(4)17-20-11-9-12-20;1-8(2)11-6-5-9(3)7-12(11)10(4)13;1-4-7-8-11-9-12(5-2,6-3)10-11;1-8(2)6-7-10(5)9(3)4;1-3-4-2;1-2/h7-8,10,13-16,18,20H,2,6,9,11-12,17H2,1,3-5H3;5-7H,1H2,2-4H3;11H,4-10H2,1-3H3;10H,1,3,6-7H2,2,4-5H3;3-4H2,1-2H3;1-2H3/b19-13+,21-14+,23-8-,25-10+;;;;;. The molecule has 1 atom stereocenters. The average molecular weight is 929 g/mol. The number of ketones is 1. The third-order valence-corrected chi connectivity index (χ3v) is 14.2. The maximum Gasteiger partial charge on any atom is 0.160 e. The SMILES string of the molecule is C=C(C)CCC(C)C(=C)C.C=C(C)c1ccc(C)cc1C(C)=O.C=C/C(=C\C=C(/C)CC1CCC1)c1ccc2c(=C/C)/c(=C\CC)n(C)c2c1.CC.CCCC.CCCCC1CC(CC)(CC)C1. The summed E-state index contributed by atoms with van der Waals surface area (Å²) < 4.78 is 2.32. The molecule has 0 N–H and O–H groups in total. The topological polar surface area (TPSA) is 22.0 Å². The fourth-order valence-electron chi connectivity index (χ4n) is 8.86. The molecule has 0 spiro atoms. The van der Waals surface area contributed by atoms with Crippen LogP contribution >= 0.6 is 0 Å². The van der Waals surface area contributed by atoms with E-state index in [0.717, 1.165) is 52.4 Å². The highest BCUT2D eigenvalue weighted by Crippen LogP contribution is 2.52. The van der Waals surface area contributed by atoms with Gasteiger partial charge in [-0.05, 0) is 139 Å². The summed E-state index contributed by atoms with van der Waals surface area (Å²) in [5.41, 5.74) is 12.3. The molecule has 2 nitrogen and oxygen atoms in total. The molecule has 3 aromatic rings. The number of fused-ring (bicyclic) bond motifs is 1. The Morgan fingerprint density at radius 1 is 0.838 bits per heavy atom. The molecule has 1 unspecified atom stereocenters. The first-order chi connectivity index (χ1) is 32.3. The maximum atomic E-state index is 11.3. The molecule has 0 amide bonds. The van der Waals surface area contributed by atoms with Gasteiger partial charge in [0.25, 0.3) is 0 Å². The smallest absolute Gasteiger partial charge is 0.160 e. The summed E-state index contributed by atoms with van der Waals surface area (Å²) in [6, 6.07) is 12.7. The van der Waals surface area contributed by atoms with Crippen molar-refractivity contribution in [2.24, 2.45) is 30.2 Å². The molecule has 5 rings (SSSR count). The van der Waals surface area contributed by atoms with Gasteiger partial charge in [0.15, 0.2) is 5.78 Å². The number of aryl methyl sites for hydroxylation is 2. The Morgan fingerprint density at radius 2 is 1.46 bits per heavy atom. The number of allylic oxidation sites excluding steroid dienone is 8. The van der Waals surface area contributed by atoms with E-state index >= 15 is 0 Å². The largest absolute Gasteiger partial charge is 0.344 e. The van der Waals surface area contributed by atoms with Gasteiger partial charge >= 0.3 is 0 Å². The Morgan fingerprint density at radius 3 is 1.90 bits per heavy atom. The van der Waals surface area contributed by atoms with Crippen LogP contribution in [-0.4, -0.2) is 10.4 Å². The van der Waals surface area contributed by atoms with E-state index in [9.17, 15) is 4.79 Å². The second-order valence-electron chi connectivity index (χ2n) is 20.1. The molecule has 380 valence electrons. The number of rotatable bonds is 18. The lowest BCUT2D eigenvalue weighted by Gasteiger charge is -2.47. The lowest BCUT2D eigenvalue weighted by molar-refractivity contribution is 0.0392. The Kier molecular flexibility index (Phi) is 32.9. The van der Waals surface area contributed by atoms with Crippen LogP contribution in [0.2, 0.25) is 0 Å². The summed E-state index contributed by atoms with van der Waals surface area (Å²) in [7, 11) is 2.17. The normalized spacial score (nSPS) is 15.2. The third-order valence-electron chi connectivity index (χ3n) is 14.2. The van der Waals surface area contributed by atoms with Gasteiger partial charge < -0.3 is 4.57 Å². The van der Waals surface area contributed by atoms with Crippen molar-refractivity contribution in [3.05, 3.63) is 130 Å². The van der Waals surface area contributed by atoms with Gasteiger partial charge in [0.2, 0.25) is 0 Å². The van der Waals surface area contributed by atoms with Crippen LogP contribution in [0.5, 0.6) is 0 Å². The molecule has 0 radical (unpaired) electrons. The molecule has 2 aromatic carbocycles. The zero-order valence-corrected chi connectivity index (χ0v) is 47.6. The van der Waals surface area contributed by atoms with Crippen LogP contribution in [0.3, 0.4) is 0 Å². The molecule has 1 heterocycles. The van der Waals surface area contributed by atoms with Gasteiger partial charge in [-0.2, -0.15) is 0 Å². The van der Waals surface area contributed by atoms with Gasteiger partial charge in [-0.1, -0.05) is 229 Å². The van der Waals surface area contributed by atoms with Gasteiger partial charge in [-0.25, -0.2) is 0 Å². The van der Waals surface area contributed by atoms with E-state index in [1.165, 1.54) is 139 Å². The molecule has 2 saturated carbocycles. The fraction of sp³-hybridized carbons (Fsp3) is 0.561. The summed E-state index contributed by atoms with van der Waals surface area (Å²) in [6.07, 6.45) is 32.7. The van der Waals surface area contributed by atoms with Crippen LogP contribution in [0.1, 0.15) is 234 Å². The number of carbonyl (C=O) groups is 1. The number of benzene rings is 2. The van der Waals surface area contributed by atoms with Crippen LogP contribution < -0.4 is 10.6 Å². The van der Waals surface area contributed by atoms with Gasteiger partial charge in [-0.15, -0.1) is 6.58 Å². The number of nitrogens with zero attached hydrogens (tertiary/aromatic N) is 1. The molecule has 68 heavy (non-hydrogen) atoms. The van der Waals surface area contributed by atoms with E-state index in [4.69, 9.17) is 0 Å². The molecular formula is C66H105NO. The molecule has 2 heteroatoms. The predicted octanol–water partition coefficient (Wildman–Crippen LogP) is 19.9. The zero-order chi connectivity index (χ0) is 52.0. The number of hydrogen-bond acceptors (Lipinski definition) is 1. The minimum atomic E-state index is 0.0988. The van der Waals surface area contributed by atoms with Gasteiger partial charge in [0.1, 0.15) is 0 Å². The highest BCUT2D eigenvalue weighted by atomic mass is 16.1. The second kappa shape index (κ2) is 35.0.